The van der Waals surface area contributed by atoms with Gasteiger partial charge in [-0.25, -0.2) is 0 Å². The Hall–Kier alpha value is -0.770. The van der Waals surface area contributed by atoms with Crippen molar-refractivity contribution in [2.75, 3.05) is 13.2 Å². The zero-order valence-electron chi connectivity index (χ0n) is 6.21. The molecule has 4 nitrogen and oxygen atoms in total. The van der Waals surface area contributed by atoms with Crippen LogP contribution in [0.1, 0.15) is 19.8 Å². The molecule has 0 unspecified atom stereocenters. The highest BCUT2D eigenvalue weighted by Crippen LogP contribution is 1.89. The van der Waals surface area contributed by atoms with Gasteiger partial charge in [0.2, 0.25) is 0 Å². The van der Waals surface area contributed by atoms with Crippen molar-refractivity contribution in [2.45, 2.75) is 19.8 Å². The highest BCUT2D eigenvalue weighted by molar-refractivity contribution is 5.79. The fourth-order valence-electron chi connectivity index (χ4n) is 0.550. The van der Waals surface area contributed by atoms with Gasteiger partial charge in [0.25, 0.3) is 0 Å². The molecule has 0 aliphatic carbocycles. The van der Waals surface area contributed by atoms with Crippen molar-refractivity contribution in [3.05, 3.63) is 0 Å². The van der Waals surface area contributed by atoms with Gasteiger partial charge in [0.05, 0.1) is 0 Å². The zero-order valence-corrected chi connectivity index (χ0v) is 6.21. The van der Waals surface area contributed by atoms with Gasteiger partial charge in [-0.15, -0.1) is 0 Å². The molecule has 0 spiro atoms. The van der Waals surface area contributed by atoms with Crippen molar-refractivity contribution in [1.82, 2.24) is 0 Å². The van der Waals surface area contributed by atoms with Gasteiger partial charge in [-0.05, 0) is 13.3 Å². The Morgan fingerprint density at radius 1 is 1.70 bits per heavy atom. The second-order valence-electron chi connectivity index (χ2n) is 1.89. The van der Waals surface area contributed by atoms with E-state index >= 15 is 0 Å². The lowest BCUT2D eigenvalue weighted by atomic mass is 10.3. The number of ether oxygens (including phenoxy) is 1. The number of oxime groups is 1. The average molecular weight is 146 g/mol. The van der Waals surface area contributed by atoms with Crippen LogP contribution >= 0.6 is 0 Å². The molecular weight excluding hydrogens is 132 g/mol. The summed E-state index contributed by atoms with van der Waals surface area (Å²) in [5.41, 5.74) is 5.20. The van der Waals surface area contributed by atoms with Crippen LogP contribution in [0.15, 0.2) is 5.16 Å². The molecule has 0 aromatic rings. The first kappa shape index (κ1) is 9.23. The number of nitrogens with zero attached hydrogens (tertiary/aromatic N) is 1. The van der Waals surface area contributed by atoms with Crippen molar-refractivity contribution in [3.8, 4) is 0 Å². The van der Waals surface area contributed by atoms with E-state index in [2.05, 4.69) is 5.16 Å². The van der Waals surface area contributed by atoms with Crippen LogP contribution in [-0.2, 0) is 4.74 Å². The number of hydrogen-bond donors (Lipinski definition) is 2. The zero-order chi connectivity index (χ0) is 7.82. The quantitative estimate of drug-likeness (QED) is 0.196. The SMILES string of the molecule is CCOCCC/C(N)=N/O. The molecule has 0 aliphatic rings. The summed E-state index contributed by atoms with van der Waals surface area (Å²) in [7, 11) is 0. The predicted octanol–water partition coefficient (Wildman–Crippen LogP) is 0.550. The summed E-state index contributed by atoms with van der Waals surface area (Å²) in [6.07, 6.45) is 1.40. The second kappa shape index (κ2) is 6.35. The Morgan fingerprint density at radius 2 is 2.40 bits per heavy atom. The van der Waals surface area contributed by atoms with E-state index < -0.39 is 0 Å². The topological polar surface area (TPSA) is 67.8 Å². The summed E-state index contributed by atoms with van der Waals surface area (Å²) in [5, 5.41) is 10.9. The second-order valence-corrected chi connectivity index (χ2v) is 1.89. The number of amidine groups is 1. The Morgan fingerprint density at radius 3 is 2.90 bits per heavy atom. The van der Waals surface area contributed by atoms with Crippen LogP contribution in [0.4, 0.5) is 0 Å². The minimum absolute atomic E-state index is 0.264. The Kier molecular flexibility index (Phi) is 5.86. The average Bonchev–Trinajstić information content (AvgIpc) is 1.98. The van der Waals surface area contributed by atoms with E-state index in [0.717, 1.165) is 13.0 Å². The first-order valence-electron chi connectivity index (χ1n) is 3.35. The lowest BCUT2D eigenvalue weighted by Crippen LogP contribution is -2.12. The van der Waals surface area contributed by atoms with E-state index in [4.69, 9.17) is 15.7 Å². The Balaban J connectivity index is 3.04. The van der Waals surface area contributed by atoms with Crippen LogP contribution in [-0.4, -0.2) is 24.3 Å². The minimum atomic E-state index is 0.264. The highest BCUT2D eigenvalue weighted by atomic mass is 16.5. The van der Waals surface area contributed by atoms with Crippen LogP contribution in [0.25, 0.3) is 0 Å². The third-order valence-corrected chi connectivity index (χ3v) is 1.05. The summed E-state index contributed by atoms with van der Waals surface area (Å²) in [5.74, 6) is 0.264. The van der Waals surface area contributed by atoms with Crippen molar-refractivity contribution in [1.29, 1.82) is 0 Å². The fourth-order valence-corrected chi connectivity index (χ4v) is 0.550. The molecule has 0 amide bonds. The molecule has 4 heteroatoms. The summed E-state index contributed by atoms with van der Waals surface area (Å²) in [6.45, 7) is 3.33. The maximum Gasteiger partial charge on any atom is 0.139 e. The van der Waals surface area contributed by atoms with E-state index in [-0.39, 0.29) is 5.84 Å². The van der Waals surface area contributed by atoms with E-state index in [0.29, 0.717) is 13.0 Å². The third kappa shape index (κ3) is 5.37. The van der Waals surface area contributed by atoms with Gasteiger partial charge in [-0.1, -0.05) is 5.16 Å². The third-order valence-electron chi connectivity index (χ3n) is 1.05. The van der Waals surface area contributed by atoms with E-state index in [1.54, 1.807) is 0 Å². The van der Waals surface area contributed by atoms with Crippen molar-refractivity contribution in [3.63, 3.8) is 0 Å². The maximum atomic E-state index is 8.11. The van der Waals surface area contributed by atoms with Crippen LogP contribution in [0.5, 0.6) is 0 Å². The van der Waals surface area contributed by atoms with Crippen LogP contribution < -0.4 is 5.73 Å². The first-order valence-corrected chi connectivity index (χ1v) is 3.35. The van der Waals surface area contributed by atoms with E-state index in [1.165, 1.54) is 0 Å². The van der Waals surface area contributed by atoms with Crippen molar-refractivity contribution >= 4 is 5.84 Å². The molecular formula is C6H14N2O2. The minimum Gasteiger partial charge on any atom is -0.409 e. The van der Waals surface area contributed by atoms with Gasteiger partial charge in [0, 0.05) is 19.6 Å². The number of rotatable bonds is 5. The summed E-state index contributed by atoms with van der Waals surface area (Å²) in [4.78, 5) is 0. The molecule has 0 atom stereocenters. The molecule has 0 bridgehead atoms. The predicted molar refractivity (Wildman–Crippen MR) is 39.1 cm³/mol. The summed E-state index contributed by atoms with van der Waals surface area (Å²) < 4.78 is 5.04. The molecule has 0 heterocycles. The van der Waals surface area contributed by atoms with Gasteiger partial charge in [-0.2, -0.15) is 0 Å². The monoisotopic (exact) mass is 146 g/mol. The van der Waals surface area contributed by atoms with Gasteiger partial charge in [0.15, 0.2) is 0 Å². The van der Waals surface area contributed by atoms with Crippen LogP contribution in [0, 0.1) is 0 Å². The smallest absolute Gasteiger partial charge is 0.139 e. The van der Waals surface area contributed by atoms with Gasteiger partial charge < -0.3 is 15.7 Å². The normalized spacial score (nSPS) is 11.9. The highest BCUT2D eigenvalue weighted by Gasteiger charge is 1.91. The summed E-state index contributed by atoms with van der Waals surface area (Å²) in [6, 6.07) is 0. The Labute approximate surface area is 60.7 Å². The molecule has 0 rings (SSSR count). The van der Waals surface area contributed by atoms with Crippen molar-refractivity contribution in [2.24, 2.45) is 10.9 Å². The van der Waals surface area contributed by atoms with Crippen LogP contribution in [0.2, 0.25) is 0 Å². The molecule has 60 valence electrons. The molecule has 0 radical (unpaired) electrons. The van der Waals surface area contributed by atoms with Gasteiger partial charge >= 0.3 is 0 Å². The largest absolute Gasteiger partial charge is 0.409 e. The molecule has 10 heavy (non-hydrogen) atoms. The molecule has 0 aromatic carbocycles. The lowest BCUT2D eigenvalue weighted by Gasteiger charge is -1.98. The van der Waals surface area contributed by atoms with Crippen molar-refractivity contribution < 1.29 is 9.94 Å². The van der Waals surface area contributed by atoms with Gasteiger partial charge in [0.1, 0.15) is 5.84 Å². The standard InChI is InChI=1S/C6H14N2O2/c1-2-10-5-3-4-6(7)8-9/h9H,2-5H2,1H3,(H2,7,8). The summed E-state index contributed by atoms with van der Waals surface area (Å²) >= 11 is 0. The first-order chi connectivity index (χ1) is 4.81. The Bertz CT molecular complexity index is 104. The lowest BCUT2D eigenvalue weighted by molar-refractivity contribution is 0.146. The number of nitrogens with two attached hydrogens (primary N) is 1. The molecule has 0 saturated carbocycles. The maximum absolute atomic E-state index is 8.11. The number of hydrogen-bond acceptors (Lipinski definition) is 3. The molecule has 0 saturated heterocycles. The van der Waals surface area contributed by atoms with Crippen LogP contribution in [0.3, 0.4) is 0 Å². The fraction of sp³-hybridized carbons (Fsp3) is 0.833. The molecule has 0 fully saturated rings. The van der Waals surface area contributed by atoms with Gasteiger partial charge in [-0.3, -0.25) is 0 Å². The molecule has 3 N–H and O–H groups in total. The van der Waals surface area contributed by atoms with E-state index in [9.17, 15) is 0 Å². The molecule has 0 aliphatic heterocycles. The van der Waals surface area contributed by atoms with E-state index in [1.807, 2.05) is 6.92 Å². The molecule has 0 aromatic heterocycles.